The summed E-state index contributed by atoms with van der Waals surface area (Å²) in [5.74, 6) is 0. The van der Waals surface area contributed by atoms with E-state index in [9.17, 15) is 4.57 Å². The molecule has 2 fully saturated rings. The molecule has 0 aliphatic heterocycles. The first-order chi connectivity index (χ1) is 8.16. The van der Waals surface area contributed by atoms with Crippen molar-refractivity contribution in [1.82, 2.24) is 10.2 Å². The van der Waals surface area contributed by atoms with Gasteiger partial charge in [0.2, 0.25) is 7.44 Å². The average Bonchev–Trinajstić information content (AvgIpc) is 2.30. The first kappa shape index (κ1) is 13.6. The normalized spacial score (nSPS) is 25.0. The number of hydrogen-bond donors (Lipinski definition) is 2. The van der Waals surface area contributed by atoms with Crippen LogP contribution in [-0.2, 0) is 4.57 Å². The zero-order valence-corrected chi connectivity index (χ0v) is 12.0. The summed E-state index contributed by atoms with van der Waals surface area (Å²) in [6, 6.07) is 0.964. The fraction of sp³-hybridized carbons (Fsp3) is 1.00. The van der Waals surface area contributed by atoms with E-state index in [1.165, 1.54) is 64.2 Å². The van der Waals surface area contributed by atoms with E-state index in [1.807, 2.05) is 6.66 Å². The molecule has 4 heteroatoms. The molecule has 0 bridgehead atoms. The van der Waals surface area contributed by atoms with Crippen LogP contribution in [0.15, 0.2) is 0 Å². The van der Waals surface area contributed by atoms with Crippen LogP contribution in [-0.4, -0.2) is 18.7 Å². The fourth-order valence-corrected chi connectivity index (χ4v) is 5.18. The van der Waals surface area contributed by atoms with Crippen molar-refractivity contribution in [3.63, 3.8) is 0 Å². The van der Waals surface area contributed by atoms with E-state index in [1.54, 1.807) is 0 Å². The van der Waals surface area contributed by atoms with Crippen LogP contribution in [0.4, 0.5) is 0 Å². The first-order valence-corrected chi connectivity index (χ1v) is 9.44. The molecule has 0 radical (unpaired) electrons. The molecule has 0 heterocycles. The summed E-state index contributed by atoms with van der Waals surface area (Å²) in [4.78, 5) is 0. The van der Waals surface area contributed by atoms with Crippen molar-refractivity contribution in [2.24, 2.45) is 0 Å². The Morgan fingerprint density at radius 3 is 1.47 bits per heavy atom. The maximum Gasteiger partial charge on any atom is 0.208 e. The highest BCUT2D eigenvalue weighted by atomic mass is 31.2. The standard InChI is InChI=1S/C13H27N2OP/c1-17(16,14-12-8-4-2-5-9-12)15-13-10-6-3-7-11-13/h12-13H,2-11H2,1H3,(H2,14,15,16). The molecule has 2 N–H and O–H groups in total. The second-order valence-electron chi connectivity index (χ2n) is 5.85. The van der Waals surface area contributed by atoms with Gasteiger partial charge in [-0.25, -0.2) is 0 Å². The lowest BCUT2D eigenvalue weighted by atomic mass is 9.96. The van der Waals surface area contributed by atoms with E-state index in [0.29, 0.717) is 12.1 Å². The third-order valence-corrected chi connectivity index (χ3v) is 5.78. The lowest BCUT2D eigenvalue weighted by Gasteiger charge is -2.31. The van der Waals surface area contributed by atoms with Crippen LogP contribution in [0.1, 0.15) is 64.2 Å². The van der Waals surface area contributed by atoms with E-state index in [2.05, 4.69) is 10.2 Å². The smallest absolute Gasteiger partial charge is 0.208 e. The molecule has 100 valence electrons. The second-order valence-corrected chi connectivity index (χ2v) is 8.22. The Hall–Kier alpha value is 0.150. The van der Waals surface area contributed by atoms with Gasteiger partial charge >= 0.3 is 0 Å². The SMILES string of the molecule is CP(=O)(NC1CCCCC1)NC1CCCCC1. The quantitative estimate of drug-likeness (QED) is 0.756. The van der Waals surface area contributed by atoms with E-state index < -0.39 is 7.44 Å². The third kappa shape index (κ3) is 4.73. The van der Waals surface area contributed by atoms with Gasteiger partial charge in [-0.3, -0.25) is 14.7 Å². The highest BCUT2D eigenvalue weighted by Gasteiger charge is 2.25. The van der Waals surface area contributed by atoms with Crippen molar-refractivity contribution >= 4 is 7.44 Å². The molecule has 0 aromatic heterocycles. The van der Waals surface area contributed by atoms with Gasteiger partial charge in [-0.05, 0) is 25.7 Å². The van der Waals surface area contributed by atoms with Gasteiger partial charge in [0.15, 0.2) is 0 Å². The third-order valence-electron chi connectivity index (χ3n) is 4.07. The zero-order chi connectivity index (χ0) is 12.1. The Kier molecular flexibility index (Phi) is 5.08. The molecule has 0 unspecified atom stereocenters. The van der Waals surface area contributed by atoms with Gasteiger partial charge in [-0.15, -0.1) is 0 Å². The molecule has 0 atom stereocenters. The molecule has 17 heavy (non-hydrogen) atoms. The monoisotopic (exact) mass is 258 g/mol. The van der Waals surface area contributed by atoms with E-state index in [-0.39, 0.29) is 0 Å². The van der Waals surface area contributed by atoms with Crippen LogP contribution in [0.5, 0.6) is 0 Å². The summed E-state index contributed by atoms with van der Waals surface area (Å²) in [6.07, 6.45) is 12.7. The Morgan fingerprint density at radius 1 is 0.765 bits per heavy atom. The van der Waals surface area contributed by atoms with E-state index in [0.717, 1.165) is 0 Å². The molecular formula is C13H27N2OP. The molecule has 0 saturated heterocycles. The van der Waals surface area contributed by atoms with Crippen LogP contribution in [0.3, 0.4) is 0 Å². The minimum Gasteiger partial charge on any atom is -0.290 e. The van der Waals surface area contributed by atoms with Gasteiger partial charge in [0.25, 0.3) is 0 Å². The van der Waals surface area contributed by atoms with Crippen molar-refractivity contribution in [2.45, 2.75) is 76.3 Å². The van der Waals surface area contributed by atoms with Crippen LogP contribution in [0.2, 0.25) is 0 Å². The maximum atomic E-state index is 12.5. The predicted octanol–water partition coefficient (Wildman–Crippen LogP) is 3.65. The Balaban J connectivity index is 1.78. The molecule has 2 saturated carbocycles. The summed E-state index contributed by atoms with van der Waals surface area (Å²) in [6.45, 7) is 1.87. The Bertz CT molecular complexity index is 247. The minimum atomic E-state index is -2.33. The fourth-order valence-electron chi connectivity index (χ4n) is 3.20. The van der Waals surface area contributed by atoms with Gasteiger partial charge in [0, 0.05) is 18.7 Å². The lowest BCUT2D eigenvalue weighted by molar-refractivity contribution is 0.391. The first-order valence-electron chi connectivity index (χ1n) is 7.29. The zero-order valence-electron chi connectivity index (χ0n) is 11.1. The van der Waals surface area contributed by atoms with Crippen molar-refractivity contribution in [3.8, 4) is 0 Å². The summed E-state index contributed by atoms with van der Waals surface area (Å²) in [5, 5.41) is 6.77. The van der Waals surface area contributed by atoms with Crippen LogP contribution >= 0.6 is 7.44 Å². The molecule has 2 aliphatic rings. The Morgan fingerprint density at radius 2 is 1.12 bits per heavy atom. The molecule has 0 aromatic rings. The van der Waals surface area contributed by atoms with Crippen LogP contribution < -0.4 is 10.2 Å². The molecule has 3 nitrogen and oxygen atoms in total. The molecule has 2 aliphatic carbocycles. The van der Waals surface area contributed by atoms with Gasteiger partial charge in [0.1, 0.15) is 0 Å². The molecule has 0 spiro atoms. The summed E-state index contributed by atoms with van der Waals surface area (Å²) >= 11 is 0. The molecule has 2 rings (SSSR count). The minimum absolute atomic E-state index is 0.482. The summed E-state index contributed by atoms with van der Waals surface area (Å²) in [7, 11) is -2.33. The lowest BCUT2D eigenvalue weighted by Crippen LogP contribution is -2.37. The maximum absolute atomic E-state index is 12.5. The predicted molar refractivity (Wildman–Crippen MR) is 73.5 cm³/mol. The average molecular weight is 258 g/mol. The topological polar surface area (TPSA) is 41.1 Å². The van der Waals surface area contributed by atoms with Gasteiger partial charge in [-0.1, -0.05) is 38.5 Å². The molecular weight excluding hydrogens is 231 g/mol. The number of hydrogen-bond acceptors (Lipinski definition) is 1. The summed E-state index contributed by atoms with van der Waals surface area (Å²) in [5.41, 5.74) is 0. The van der Waals surface area contributed by atoms with Crippen molar-refractivity contribution < 1.29 is 4.57 Å². The van der Waals surface area contributed by atoms with Crippen LogP contribution in [0.25, 0.3) is 0 Å². The summed E-state index contributed by atoms with van der Waals surface area (Å²) < 4.78 is 12.5. The number of rotatable bonds is 4. The Labute approximate surface area is 106 Å². The van der Waals surface area contributed by atoms with Crippen molar-refractivity contribution in [3.05, 3.63) is 0 Å². The van der Waals surface area contributed by atoms with E-state index >= 15 is 0 Å². The van der Waals surface area contributed by atoms with Crippen LogP contribution in [0, 0.1) is 0 Å². The largest absolute Gasteiger partial charge is 0.290 e. The molecule has 0 amide bonds. The molecule has 0 aromatic carbocycles. The highest BCUT2D eigenvalue weighted by Crippen LogP contribution is 2.37. The second kappa shape index (κ2) is 6.36. The van der Waals surface area contributed by atoms with E-state index in [4.69, 9.17) is 0 Å². The van der Waals surface area contributed by atoms with Crippen molar-refractivity contribution in [1.29, 1.82) is 0 Å². The van der Waals surface area contributed by atoms with Gasteiger partial charge in [-0.2, -0.15) is 0 Å². The number of nitrogens with one attached hydrogen (secondary N) is 2. The van der Waals surface area contributed by atoms with Gasteiger partial charge in [0.05, 0.1) is 0 Å². The highest BCUT2D eigenvalue weighted by molar-refractivity contribution is 7.59. The van der Waals surface area contributed by atoms with Crippen molar-refractivity contribution in [2.75, 3.05) is 6.66 Å². The van der Waals surface area contributed by atoms with Gasteiger partial charge < -0.3 is 0 Å².